The van der Waals surface area contributed by atoms with Crippen molar-refractivity contribution < 1.29 is 5.11 Å². The van der Waals surface area contributed by atoms with E-state index in [0.717, 1.165) is 56.2 Å². The second-order valence-electron chi connectivity index (χ2n) is 8.36. The SMILES string of the molecule is CC(O)CN1CCC(CN(C)c2nc(-c3ccncc3)nc3c2CCC3)CC1. The number of β-amino-alcohol motifs (C(OH)–C–C–N with tert-alkyl or cyclic N) is 1. The Morgan fingerprint density at radius 2 is 1.93 bits per heavy atom. The maximum absolute atomic E-state index is 9.61. The number of rotatable bonds is 6. The molecule has 1 aliphatic carbocycles. The summed E-state index contributed by atoms with van der Waals surface area (Å²) in [5.41, 5.74) is 3.59. The molecule has 1 fully saturated rings. The zero-order chi connectivity index (χ0) is 19.5. The molecule has 1 aliphatic heterocycles. The van der Waals surface area contributed by atoms with Crippen LogP contribution >= 0.6 is 0 Å². The molecule has 0 spiro atoms. The van der Waals surface area contributed by atoms with E-state index >= 15 is 0 Å². The fourth-order valence-electron chi connectivity index (χ4n) is 4.56. The summed E-state index contributed by atoms with van der Waals surface area (Å²) in [5, 5.41) is 9.61. The van der Waals surface area contributed by atoms with Crippen molar-refractivity contribution in [1.82, 2.24) is 19.9 Å². The summed E-state index contributed by atoms with van der Waals surface area (Å²) in [4.78, 5) is 18.7. The van der Waals surface area contributed by atoms with Gasteiger partial charge < -0.3 is 14.9 Å². The fraction of sp³-hybridized carbons (Fsp3) is 0.591. The minimum absolute atomic E-state index is 0.241. The normalized spacial score (nSPS) is 18.8. The number of aliphatic hydroxyl groups is 1. The van der Waals surface area contributed by atoms with E-state index < -0.39 is 0 Å². The molecule has 2 aromatic heterocycles. The molecule has 1 N–H and O–H groups in total. The molecule has 150 valence electrons. The fourth-order valence-corrected chi connectivity index (χ4v) is 4.56. The van der Waals surface area contributed by atoms with Crippen LogP contribution in [-0.4, -0.2) is 64.3 Å². The van der Waals surface area contributed by atoms with Crippen LogP contribution in [0.4, 0.5) is 5.82 Å². The first-order valence-corrected chi connectivity index (χ1v) is 10.5. The lowest BCUT2D eigenvalue weighted by Crippen LogP contribution is -2.40. The van der Waals surface area contributed by atoms with Crippen molar-refractivity contribution >= 4 is 5.82 Å². The molecule has 0 saturated carbocycles. The number of hydrogen-bond acceptors (Lipinski definition) is 6. The van der Waals surface area contributed by atoms with E-state index in [1.54, 1.807) is 12.4 Å². The van der Waals surface area contributed by atoms with Crippen molar-refractivity contribution in [1.29, 1.82) is 0 Å². The second kappa shape index (κ2) is 8.53. The number of aliphatic hydroxyl groups excluding tert-OH is 1. The van der Waals surface area contributed by atoms with Gasteiger partial charge in [0.2, 0.25) is 0 Å². The standard InChI is InChI=1S/C22H31N5O/c1-16(28)14-27-12-8-17(9-13-27)15-26(2)22-19-4-3-5-20(19)24-21(25-22)18-6-10-23-11-7-18/h6-7,10-11,16-17,28H,3-5,8-9,12-15H2,1-2H3. The van der Waals surface area contributed by atoms with Gasteiger partial charge in [0.05, 0.1) is 6.10 Å². The van der Waals surface area contributed by atoms with Crippen molar-refractivity contribution in [2.45, 2.75) is 45.1 Å². The Balaban J connectivity index is 1.48. The first kappa shape index (κ1) is 19.3. The first-order valence-electron chi connectivity index (χ1n) is 10.5. The monoisotopic (exact) mass is 381 g/mol. The second-order valence-corrected chi connectivity index (χ2v) is 8.36. The van der Waals surface area contributed by atoms with Gasteiger partial charge in [0, 0.05) is 49.4 Å². The molecule has 0 radical (unpaired) electrons. The third kappa shape index (κ3) is 4.33. The lowest BCUT2D eigenvalue weighted by atomic mass is 9.96. The van der Waals surface area contributed by atoms with Crippen LogP contribution in [0.5, 0.6) is 0 Å². The zero-order valence-corrected chi connectivity index (χ0v) is 17.0. The Hall–Kier alpha value is -2.05. The Morgan fingerprint density at radius 3 is 2.64 bits per heavy atom. The molecule has 0 bridgehead atoms. The molecule has 6 heteroatoms. The highest BCUT2D eigenvalue weighted by Crippen LogP contribution is 2.32. The molecule has 4 rings (SSSR count). The van der Waals surface area contributed by atoms with Gasteiger partial charge in [-0.25, -0.2) is 9.97 Å². The molecule has 2 aliphatic rings. The average molecular weight is 382 g/mol. The third-order valence-corrected chi connectivity index (χ3v) is 5.97. The van der Waals surface area contributed by atoms with Gasteiger partial charge in [-0.2, -0.15) is 0 Å². The quantitative estimate of drug-likeness (QED) is 0.830. The molecule has 6 nitrogen and oxygen atoms in total. The van der Waals surface area contributed by atoms with Crippen molar-refractivity contribution in [3.8, 4) is 11.4 Å². The number of aryl methyl sites for hydroxylation is 1. The molecule has 2 aromatic rings. The van der Waals surface area contributed by atoms with E-state index in [9.17, 15) is 5.11 Å². The summed E-state index contributed by atoms with van der Waals surface area (Å²) in [6, 6.07) is 3.97. The van der Waals surface area contributed by atoms with Crippen LogP contribution in [0.2, 0.25) is 0 Å². The van der Waals surface area contributed by atoms with Gasteiger partial charge >= 0.3 is 0 Å². The van der Waals surface area contributed by atoms with Gasteiger partial charge in [0.1, 0.15) is 5.82 Å². The van der Waals surface area contributed by atoms with Crippen LogP contribution in [0.15, 0.2) is 24.5 Å². The molecule has 1 unspecified atom stereocenters. The largest absolute Gasteiger partial charge is 0.392 e. The molecular weight excluding hydrogens is 350 g/mol. The van der Waals surface area contributed by atoms with Gasteiger partial charge in [-0.05, 0) is 70.2 Å². The number of aromatic nitrogens is 3. The highest BCUT2D eigenvalue weighted by Gasteiger charge is 2.25. The Labute approximate surface area is 167 Å². The summed E-state index contributed by atoms with van der Waals surface area (Å²) in [6.45, 7) is 5.84. The lowest BCUT2D eigenvalue weighted by Gasteiger charge is -2.35. The van der Waals surface area contributed by atoms with Crippen LogP contribution in [0.1, 0.15) is 37.4 Å². The van der Waals surface area contributed by atoms with Crippen LogP contribution in [0.3, 0.4) is 0 Å². The van der Waals surface area contributed by atoms with Crippen molar-refractivity contribution in [2.75, 3.05) is 38.1 Å². The number of pyridine rings is 1. The zero-order valence-electron chi connectivity index (χ0n) is 17.0. The maximum Gasteiger partial charge on any atom is 0.161 e. The number of anilines is 1. The van der Waals surface area contributed by atoms with Gasteiger partial charge in [0.25, 0.3) is 0 Å². The Morgan fingerprint density at radius 1 is 1.18 bits per heavy atom. The van der Waals surface area contributed by atoms with Gasteiger partial charge in [-0.3, -0.25) is 4.98 Å². The lowest BCUT2D eigenvalue weighted by molar-refractivity contribution is 0.101. The van der Waals surface area contributed by atoms with Gasteiger partial charge in [0.15, 0.2) is 5.82 Å². The highest BCUT2D eigenvalue weighted by atomic mass is 16.3. The summed E-state index contributed by atoms with van der Waals surface area (Å²) < 4.78 is 0. The van der Waals surface area contributed by atoms with E-state index in [-0.39, 0.29) is 6.10 Å². The minimum atomic E-state index is -0.241. The number of piperidine rings is 1. The predicted molar refractivity (Wildman–Crippen MR) is 111 cm³/mol. The molecule has 3 heterocycles. The molecule has 1 saturated heterocycles. The van der Waals surface area contributed by atoms with Crippen LogP contribution in [-0.2, 0) is 12.8 Å². The summed E-state index contributed by atoms with van der Waals surface area (Å²) in [6.07, 6.45) is 9.03. The predicted octanol–water partition coefficient (Wildman–Crippen LogP) is 2.56. The van der Waals surface area contributed by atoms with Crippen LogP contribution < -0.4 is 4.90 Å². The number of hydrogen-bond donors (Lipinski definition) is 1. The Kier molecular flexibility index (Phi) is 5.87. The molecular formula is C22H31N5O. The van der Waals surface area contributed by atoms with E-state index in [0.29, 0.717) is 5.92 Å². The summed E-state index contributed by atoms with van der Waals surface area (Å²) in [7, 11) is 2.18. The third-order valence-electron chi connectivity index (χ3n) is 5.97. The van der Waals surface area contributed by atoms with Gasteiger partial charge in [-0.1, -0.05) is 0 Å². The molecule has 28 heavy (non-hydrogen) atoms. The summed E-state index contributed by atoms with van der Waals surface area (Å²) >= 11 is 0. The van der Waals surface area contributed by atoms with Crippen molar-refractivity contribution in [3.63, 3.8) is 0 Å². The number of fused-ring (bicyclic) bond motifs is 1. The number of likely N-dealkylation sites (tertiary alicyclic amines) is 1. The maximum atomic E-state index is 9.61. The van der Waals surface area contributed by atoms with E-state index in [1.807, 2.05) is 19.1 Å². The number of nitrogens with zero attached hydrogens (tertiary/aromatic N) is 5. The molecule has 0 aromatic carbocycles. The van der Waals surface area contributed by atoms with Crippen molar-refractivity contribution in [2.24, 2.45) is 5.92 Å². The van der Waals surface area contributed by atoms with Crippen LogP contribution in [0.25, 0.3) is 11.4 Å². The highest BCUT2D eigenvalue weighted by molar-refractivity contribution is 5.60. The van der Waals surface area contributed by atoms with Crippen LogP contribution in [0, 0.1) is 5.92 Å². The van der Waals surface area contributed by atoms with E-state index in [2.05, 4.69) is 21.8 Å². The molecule has 0 amide bonds. The minimum Gasteiger partial charge on any atom is -0.392 e. The first-order chi connectivity index (χ1) is 13.6. The van der Waals surface area contributed by atoms with E-state index in [4.69, 9.17) is 9.97 Å². The topological polar surface area (TPSA) is 65.4 Å². The van der Waals surface area contributed by atoms with Gasteiger partial charge in [-0.15, -0.1) is 0 Å². The summed E-state index contributed by atoms with van der Waals surface area (Å²) in [5.74, 6) is 2.60. The smallest absolute Gasteiger partial charge is 0.161 e. The van der Waals surface area contributed by atoms with Crippen molar-refractivity contribution in [3.05, 3.63) is 35.8 Å². The Bertz CT molecular complexity index is 787. The van der Waals surface area contributed by atoms with E-state index in [1.165, 1.54) is 30.5 Å². The average Bonchev–Trinajstić information content (AvgIpc) is 3.17. The molecule has 1 atom stereocenters.